The molecule has 0 spiro atoms. The fraction of sp³-hybridized carbons (Fsp3) is 0. The van der Waals surface area contributed by atoms with Crippen molar-refractivity contribution in [1.29, 1.82) is 0 Å². The lowest BCUT2D eigenvalue weighted by Gasteiger charge is -1.92. The summed E-state index contributed by atoms with van der Waals surface area (Å²) in [5, 5.41) is 2.02. The molecule has 0 atom stereocenters. The van der Waals surface area contributed by atoms with E-state index in [1.165, 1.54) is 0 Å². The summed E-state index contributed by atoms with van der Waals surface area (Å²) >= 11 is 3.88. The van der Waals surface area contributed by atoms with Crippen LogP contribution in [0, 0.1) is 3.57 Å². The molecule has 0 fully saturated rings. The Bertz CT molecular complexity index is 419. The highest BCUT2D eigenvalue weighted by atomic mass is 127. The summed E-state index contributed by atoms with van der Waals surface area (Å²) in [6, 6.07) is 5.88. The first-order chi connectivity index (χ1) is 6.31. The second-order valence-electron chi connectivity index (χ2n) is 2.54. The van der Waals surface area contributed by atoms with Crippen LogP contribution in [0.2, 0.25) is 0 Å². The Morgan fingerprint density at radius 3 is 2.92 bits per heavy atom. The van der Waals surface area contributed by atoms with Gasteiger partial charge in [-0.15, -0.1) is 11.3 Å². The molecule has 2 aromatic rings. The van der Waals surface area contributed by atoms with E-state index in [0.717, 1.165) is 20.4 Å². The first kappa shape index (κ1) is 8.96. The van der Waals surface area contributed by atoms with Crippen LogP contribution in [0.5, 0.6) is 0 Å². The van der Waals surface area contributed by atoms with Crippen LogP contribution < -0.4 is 0 Å². The van der Waals surface area contributed by atoms with Crippen LogP contribution in [0.25, 0.3) is 10.6 Å². The summed E-state index contributed by atoms with van der Waals surface area (Å²) < 4.78 is 1.09. The van der Waals surface area contributed by atoms with Gasteiger partial charge in [0.2, 0.25) is 0 Å². The molecular formula is C9H6INOS. The molecule has 0 aliphatic rings. The molecule has 2 nitrogen and oxygen atoms in total. The topological polar surface area (TPSA) is 32.9 Å². The van der Waals surface area contributed by atoms with Gasteiger partial charge in [-0.25, -0.2) is 0 Å². The van der Waals surface area contributed by atoms with Crippen LogP contribution in [0.15, 0.2) is 23.6 Å². The number of aldehydes is 1. The second-order valence-corrected chi connectivity index (χ2v) is 4.65. The number of carbonyl (C=O) groups is 1. The van der Waals surface area contributed by atoms with Gasteiger partial charge in [0.1, 0.15) is 0 Å². The number of thiophene rings is 1. The van der Waals surface area contributed by atoms with Crippen molar-refractivity contribution in [3.8, 4) is 10.6 Å². The van der Waals surface area contributed by atoms with Crippen LogP contribution in [-0.2, 0) is 0 Å². The molecule has 0 aromatic carbocycles. The van der Waals surface area contributed by atoms with E-state index in [9.17, 15) is 4.79 Å². The Morgan fingerprint density at radius 1 is 1.54 bits per heavy atom. The van der Waals surface area contributed by atoms with Crippen LogP contribution in [0.1, 0.15) is 10.5 Å². The number of halogens is 1. The fourth-order valence-electron chi connectivity index (χ4n) is 1.11. The summed E-state index contributed by atoms with van der Waals surface area (Å²) in [5.41, 5.74) is 1.67. The third-order valence-corrected chi connectivity index (χ3v) is 3.42. The van der Waals surface area contributed by atoms with Crippen LogP contribution in [0.4, 0.5) is 0 Å². The predicted octanol–water partition coefficient (Wildman–Crippen LogP) is 3.16. The van der Waals surface area contributed by atoms with E-state index in [0.29, 0.717) is 5.69 Å². The van der Waals surface area contributed by atoms with Gasteiger partial charge in [-0.3, -0.25) is 4.79 Å². The molecule has 0 bridgehead atoms. The lowest BCUT2D eigenvalue weighted by molar-refractivity contribution is 0.111. The van der Waals surface area contributed by atoms with Gasteiger partial charge in [0, 0.05) is 3.57 Å². The van der Waals surface area contributed by atoms with Gasteiger partial charge < -0.3 is 4.98 Å². The molecule has 0 amide bonds. The fourth-order valence-corrected chi connectivity index (χ4v) is 2.80. The van der Waals surface area contributed by atoms with Crippen molar-refractivity contribution in [2.75, 3.05) is 0 Å². The molecule has 0 radical (unpaired) electrons. The van der Waals surface area contributed by atoms with E-state index >= 15 is 0 Å². The maximum absolute atomic E-state index is 10.5. The monoisotopic (exact) mass is 303 g/mol. The van der Waals surface area contributed by atoms with E-state index in [2.05, 4.69) is 27.6 Å². The van der Waals surface area contributed by atoms with Gasteiger partial charge in [0.15, 0.2) is 6.29 Å². The Kier molecular flexibility index (Phi) is 2.50. The van der Waals surface area contributed by atoms with Crippen molar-refractivity contribution >= 4 is 40.2 Å². The molecule has 66 valence electrons. The molecule has 13 heavy (non-hydrogen) atoms. The third kappa shape index (κ3) is 1.68. The van der Waals surface area contributed by atoms with Crippen LogP contribution >= 0.6 is 33.9 Å². The molecule has 1 N–H and O–H groups in total. The highest BCUT2D eigenvalue weighted by Crippen LogP contribution is 2.28. The van der Waals surface area contributed by atoms with Gasteiger partial charge in [-0.2, -0.15) is 0 Å². The summed E-state index contributed by atoms with van der Waals surface area (Å²) in [4.78, 5) is 14.7. The number of aromatic nitrogens is 1. The van der Waals surface area contributed by atoms with Gasteiger partial charge in [-0.1, -0.05) is 6.07 Å². The normalized spacial score (nSPS) is 10.2. The van der Waals surface area contributed by atoms with E-state index in [1.54, 1.807) is 11.3 Å². The largest absolute Gasteiger partial charge is 0.351 e. The number of aromatic amines is 1. The minimum absolute atomic E-state index is 0.632. The van der Waals surface area contributed by atoms with Crippen molar-refractivity contribution in [2.45, 2.75) is 0 Å². The number of rotatable bonds is 2. The van der Waals surface area contributed by atoms with E-state index in [4.69, 9.17) is 0 Å². The van der Waals surface area contributed by atoms with Crippen LogP contribution in [0.3, 0.4) is 0 Å². The van der Waals surface area contributed by atoms with Crippen LogP contribution in [-0.4, -0.2) is 11.3 Å². The number of hydrogen-bond acceptors (Lipinski definition) is 2. The van der Waals surface area contributed by atoms with Crippen molar-refractivity contribution in [1.82, 2.24) is 4.98 Å². The first-order valence-corrected chi connectivity index (χ1v) is 5.64. The summed E-state index contributed by atoms with van der Waals surface area (Å²) in [6.07, 6.45) is 0.833. The highest BCUT2D eigenvalue weighted by Gasteiger charge is 2.07. The quantitative estimate of drug-likeness (QED) is 0.671. The maximum Gasteiger partial charge on any atom is 0.166 e. The Labute approximate surface area is 93.1 Å². The predicted molar refractivity (Wildman–Crippen MR) is 62.2 cm³/mol. The zero-order chi connectivity index (χ0) is 9.26. The Hall–Kier alpha value is -0.620. The average Bonchev–Trinajstić information content (AvgIpc) is 2.72. The SMILES string of the molecule is O=Cc1cc(I)c(-c2cccs2)[nH]1. The van der Waals surface area contributed by atoms with Gasteiger partial charge in [0.25, 0.3) is 0 Å². The summed E-state index contributed by atoms with van der Waals surface area (Å²) in [5.74, 6) is 0. The molecule has 2 aromatic heterocycles. The minimum atomic E-state index is 0.632. The lowest BCUT2D eigenvalue weighted by Crippen LogP contribution is -1.77. The van der Waals surface area contributed by atoms with E-state index in [1.807, 2.05) is 23.6 Å². The average molecular weight is 303 g/mol. The molecule has 0 unspecified atom stereocenters. The molecule has 0 saturated carbocycles. The van der Waals surface area contributed by atoms with Gasteiger partial charge >= 0.3 is 0 Å². The van der Waals surface area contributed by atoms with Crippen molar-refractivity contribution in [3.63, 3.8) is 0 Å². The number of H-pyrrole nitrogens is 1. The van der Waals surface area contributed by atoms with Gasteiger partial charge in [-0.05, 0) is 40.1 Å². The number of hydrogen-bond donors (Lipinski definition) is 1. The molecule has 4 heteroatoms. The van der Waals surface area contributed by atoms with E-state index < -0.39 is 0 Å². The molecule has 2 heterocycles. The molecule has 2 rings (SSSR count). The lowest BCUT2D eigenvalue weighted by atomic mass is 10.3. The zero-order valence-corrected chi connectivity index (χ0v) is 9.56. The van der Waals surface area contributed by atoms with Crippen molar-refractivity contribution in [2.24, 2.45) is 0 Å². The molecule has 0 aliphatic carbocycles. The number of nitrogens with one attached hydrogen (secondary N) is 1. The Balaban J connectivity index is 2.52. The first-order valence-electron chi connectivity index (χ1n) is 3.69. The molecule has 0 saturated heterocycles. The third-order valence-electron chi connectivity index (χ3n) is 1.68. The van der Waals surface area contributed by atoms with Crippen molar-refractivity contribution in [3.05, 3.63) is 32.8 Å². The standard InChI is InChI=1S/C9H6INOS/c10-7-4-6(5-12)11-9(7)8-2-1-3-13-8/h1-5,11H. The number of carbonyl (C=O) groups excluding carboxylic acids is 1. The zero-order valence-electron chi connectivity index (χ0n) is 6.58. The smallest absolute Gasteiger partial charge is 0.166 e. The van der Waals surface area contributed by atoms with E-state index in [-0.39, 0.29) is 0 Å². The minimum Gasteiger partial charge on any atom is -0.351 e. The molecular weight excluding hydrogens is 297 g/mol. The van der Waals surface area contributed by atoms with Gasteiger partial charge in [0.05, 0.1) is 16.3 Å². The second kappa shape index (κ2) is 3.63. The summed E-state index contributed by atoms with van der Waals surface area (Å²) in [6.45, 7) is 0. The maximum atomic E-state index is 10.5. The highest BCUT2D eigenvalue weighted by molar-refractivity contribution is 14.1. The Morgan fingerprint density at radius 2 is 2.38 bits per heavy atom. The summed E-state index contributed by atoms with van der Waals surface area (Å²) in [7, 11) is 0. The molecule has 0 aliphatic heterocycles. The van der Waals surface area contributed by atoms with Crippen molar-refractivity contribution < 1.29 is 4.79 Å².